The lowest BCUT2D eigenvalue weighted by molar-refractivity contribution is -0.130. The molecular formula is C16H23BrFNO2Si. The van der Waals surface area contributed by atoms with Crippen LogP contribution in [0.5, 0.6) is 5.75 Å². The first-order valence-electron chi connectivity index (χ1n) is 7.45. The Morgan fingerprint density at radius 2 is 1.95 bits per heavy atom. The molecule has 1 unspecified atom stereocenters. The summed E-state index contributed by atoms with van der Waals surface area (Å²) in [4.78, 5) is 13.4. The normalized spacial score (nSPS) is 22.0. The number of benzene rings is 1. The van der Waals surface area contributed by atoms with Crippen molar-refractivity contribution in [3.63, 3.8) is 0 Å². The SMILES string of the molecule is Cc1c(C(C)(C)C)ccc(N2CC(F)(Br)C2=O)c1O[SiH](C)C. The van der Waals surface area contributed by atoms with Gasteiger partial charge in [-0.2, -0.15) is 0 Å². The highest BCUT2D eigenvalue weighted by Gasteiger charge is 2.52. The molecule has 3 nitrogen and oxygen atoms in total. The van der Waals surface area contributed by atoms with Crippen LogP contribution in [-0.4, -0.2) is 26.1 Å². The molecule has 1 aromatic rings. The van der Waals surface area contributed by atoms with Gasteiger partial charge >= 0.3 is 0 Å². The number of amides is 1. The van der Waals surface area contributed by atoms with E-state index in [1.165, 1.54) is 10.5 Å². The van der Waals surface area contributed by atoms with Crippen molar-refractivity contribution < 1.29 is 13.6 Å². The van der Waals surface area contributed by atoms with E-state index in [0.717, 1.165) is 11.3 Å². The third-order valence-electron chi connectivity index (χ3n) is 3.75. The summed E-state index contributed by atoms with van der Waals surface area (Å²) >= 11 is 2.82. The molecule has 1 amide bonds. The predicted molar refractivity (Wildman–Crippen MR) is 94.5 cm³/mol. The number of carbonyl (C=O) groups is 1. The van der Waals surface area contributed by atoms with Gasteiger partial charge < -0.3 is 9.33 Å². The first-order valence-corrected chi connectivity index (χ1v) is 11.0. The molecule has 1 aliphatic heterocycles. The topological polar surface area (TPSA) is 29.5 Å². The predicted octanol–water partition coefficient (Wildman–Crippen LogP) is 4.06. The van der Waals surface area contributed by atoms with Crippen molar-refractivity contribution in [2.24, 2.45) is 0 Å². The van der Waals surface area contributed by atoms with Crippen LogP contribution >= 0.6 is 15.9 Å². The second-order valence-electron chi connectivity index (χ2n) is 7.10. The first-order chi connectivity index (χ1) is 9.95. The second-order valence-corrected chi connectivity index (χ2v) is 10.7. The van der Waals surface area contributed by atoms with Crippen molar-refractivity contribution in [2.45, 2.75) is 50.8 Å². The third kappa shape index (κ3) is 3.08. The minimum absolute atomic E-state index is 0.0101. The second kappa shape index (κ2) is 5.64. The van der Waals surface area contributed by atoms with Gasteiger partial charge in [0.25, 0.3) is 10.5 Å². The number of hydrogen-bond acceptors (Lipinski definition) is 2. The lowest BCUT2D eigenvalue weighted by atomic mass is 9.83. The Morgan fingerprint density at radius 3 is 2.36 bits per heavy atom. The van der Waals surface area contributed by atoms with Gasteiger partial charge in [0.1, 0.15) is 5.75 Å². The van der Waals surface area contributed by atoms with Crippen LogP contribution in [0.2, 0.25) is 13.1 Å². The van der Waals surface area contributed by atoms with Crippen LogP contribution in [-0.2, 0) is 10.2 Å². The summed E-state index contributed by atoms with van der Waals surface area (Å²) in [6.07, 6.45) is 0. The quantitative estimate of drug-likeness (QED) is 0.444. The average Bonchev–Trinajstić information content (AvgIpc) is 2.36. The Labute approximate surface area is 141 Å². The number of anilines is 1. The Hall–Kier alpha value is -0.883. The smallest absolute Gasteiger partial charge is 0.278 e. The van der Waals surface area contributed by atoms with Crippen LogP contribution in [0.1, 0.15) is 31.9 Å². The highest BCUT2D eigenvalue weighted by molar-refractivity contribution is 9.10. The van der Waals surface area contributed by atoms with E-state index in [-0.39, 0.29) is 12.0 Å². The van der Waals surface area contributed by atoms with Crippen LogP contribution < -0.4 is 9.33 Å². The fourth-order valence-corrected chi connectivity index (χ4v) is 3.96. The van der Waals surface area contributed by atoms with E-state index >= 15 is 0 Å². The van der Waals surface area contributed by atoms with Gasteiger partial charge in [-0.1, -0.05) is 26.8 Å². The molecule has 1 atom stereocenters. The molecule has 0 bridgehead atoms. The molecule has 0 aliphatic carbocycles. The van der Waals surface area contributed by atoms with Crippen molar-refractivity contribution in [3.8, 4) is 5.75 Å². The molecule has 1 fully saturated rings. The summed E-state index contributed by atoms with van der Waals surface area (Å²) in [6.45, 7) is 12.6. The minimum Gasteiger partial charge on any atom is -0.545 e. The minimum atomic E-state index is -1.93. The van der Waals surface area contributed by atoms with Crippen LogP contribution in [0.3, 0.4) is 0 Å². The fourth-order valence-electron chi connectivity index (χ4n) is 2.73. The van der Waals surface area contributed by atoms with Gasteiger partial charge in [0.2, 0.25) is 9.04 Å². The maximum atomic E-state index is 13.8. The van der Waals surface area contributed by atoms with E-state index in [4.69, 9.17) is 4.43 Å². The number of nitrogens with zero attached hydrogens (tertiary/aromatic N) is 1. The number of halogens is 2. The number of rotatable bonds is 3. The molecular weight excluding hydrogens is 365 g/mol. The Bertz CT molecular complexity index is 611. The third-order valence-corrected chi connectivity index (χ3v) is 5.05. The zero-order valence-corrected chi connectivity index (χ0v) is 16.7. The number of hydrogen-bond donors (Lipinski definition) is 0. The van der Waals surface area contributed by atoms with Gasteiger partial charge in [-0.25, -0.2) is 4.39 Å². The molecule has 6 heteroatoms. The zero-order chi connectivity index (χ0) is 16.9. The molecule has 1 saturated heterocycles. The van der Waals surface area contributed by atoms with Gasteiger partial charge in [0.05, 0.1) is 12.2 Å². The molecule has 0 spiro atoms. The molecule has 22 heavy (non-hydrogen) atoms. The van der Waals surface area contributed by atoms with Crippen molar-refractivity contribution in [2.75, 3.05) is 11.4 Å². The van der Waals surface area contributed by atoms with Gasteiger partial charge in [0.15, 0.2) is 0 Å². The largest absolute Gasteiger partial charge is 0.545 e. The first kappa shape index (κ1) is 17.5. The molecule has 0 aromatic heterocycles. The van der Waals surface area contributed by atoms with Crippen molar-refractivity contribution >= 4 is 36.6 Å². The summed E-state index contributed by atoms with van der Waals surface area (Å²) in [6, 6.07) is 3.89. The summed E-state index contributed by atoms with van der Waals surface area (Å²) in [5, 5.41) is 0. The van der Waals surface area contributed by atoms with E-state index in [9.17, 15) is 9.18 Å². The van der Waals surface area contributed by atoms with E-state index in [1.54, 1.807) is 0 Å². The molecule has 0 radical (unpaired) electrons. The van der Waals surface area contributed by atoms with E-state index in [1.807, 2.05) is 19.1 Å². The lowest BCUT2D eigenvalue weighted by Crippen LogP contribution is -2.61. The Morgan fingerprint density at radius 1 is 1.36 bits per heavy atom. The number of alkyl halides is 2. The van der Waals surface area contributed by atoms with Gasteiger partial charge in [-0.3, -0.25) is 4.79 Å². The van der Waals surface area contributed by atoms with E-state index in [2.05, 4.69) is 49.8 Å². The Balaban J connectivity index is 2.51. The standard InChI is InChI=1S/C16H23BrFNO2Si/c1-10-11(15(2,3)4)7-8-12(13(10)21-22(5)6)19-9-16(17,18)14(19)20/h7-8,22H,9H2,1-6H3. The van der Waals surface area contributed by atoms with Gasteiger partial charge in [0, 0.05) is 0 Å². The Kier molecular flexibility index (Phi) is 4.48. The van der Waals surface area contributed by atoms with Crippen molar-refractivity contribution in [1.29, 1.82) is 0 Å². The molecule has 0 saturated carbocycles. The summed E-state index contributed by atoms with van der Waals surface area (Å²) < 4.78 is 17.9. The molecule has 1 aliphatic rings. The van der Waals surface area contributed by atoms with Crippen molar-refractivity contribution in [3.05, 3.63) is 23.3 Å². The van der Waals surface area contributed by atoms with Gasteiger partial charge in [-0.05, 0) is 58.6 Å². The highest BCUT2D eigenvalue weighted by Crippen LogP contribution is 2.44. The maximum absolute atomic E-state index is 13.8. The van der Waals surface area contributed by atoms with Gasteiger partial charge in [-0.15, -0.1) is 0 Å². The summed E-state index contributed by atoms with van der Waals surface area (Å²) in [5.74, 6) is 0.163. The number of β-lactam (4-membered cyclic amide) rings is 1. The molecule has 2 rings (SSSR count). The van der Waals surface area contributed by atoms with Crippen LogP contribution in [0, 0.1) is 6.92 Å². The lowest BCUT2D eigenvalue weighted by Gasteiger charge is -2.41. The highest BCUT2D eigenvalue weighted by atomic mass is 79.9. The van der Waals surface area contributed by atoms with E-state index < -0.39 is 19.5 Å². The summed E-state index contributed by atoms with van der Waals surface area (Å²) in [7, 11) is -1.35. The molecule has 1 aromatic carbocycles. The molecule has 1 heterocycles. The average molecular weight is 388 g/mol. The summed E-state index contributed by atoms with van der Waals surface area (Å²) in [5.41, 5.74) is 2.87. The van der Waals surface area contributed by atoms with Crippen molar-refractivity contribution in [1.82, 2.24) is 0 Å². The molecule has 0 N–H and O–H groups in total. The molecule has 122 valence electrons. The van der Waals surface area contributed by atoms with Crippen LogP contribution in [0.25, 0.3) is 0 Å². The van der Waals surface area contributed by atoms with Crippen LogP contribution in [0.4, 0.5) is 10.1 Å². The fraction of sp³-hybridized carbons (Fsp3) is 0.562. The number of carbonyl (C=O) groups excluding carboxylic acids is 1. The maximum Gasteiger partial charge on any atom is 0.278 e. The van der Waals surface area contributed by atoms with Crippen LogP contribution in [0.15, 0.2) is 12.1 Å². The monoisotopic (exact) mass is 387 g/mol. The van der Waals surface area contributed by atoms with E-state index in [0.29, 0.717) is 5.69 Å². The zero-order valence-electron chi connectivity index (χ0n) is 14.0.